The highest BCUT2D eigenvalue weighted by molar-refractivity contribution is 5.50. The van der Waals surface area contributed by atoms with E-state index in [-0.39, 0.29) is 0 Å². The third kappa shape index (κ3) is 2.49. The third-order valence-corrected chi connectivity index (χ3v) is 3.99. The Labute approximate surface area is 109 Å². The van der Waals surface area contributed by atoms with Crippen LogP contribution >= 0.6 is 0 Å². The van der Waals surface area contributed by atoms with Gasteiger partial charge in [-0.2, -0.15) is 5.26 Å². The number of nitrogens with two attached hydrogens (primary N) is 1. The predicted octanol–water partition coefficient (Wildman–Crippen LogP) is 2.51. The van der Waals surface area contributed by atoms with Crippen LogP contribution in [-0.4, -0.2) is 19.1 Å². The Morgan fingerprint density at radius 1 is 1.33 bits per heavy atom. The summed E-state index contributed by atoms with van der Waals surface area (Å²) in [5.41, 5.74) is 7.80. The Morgan fingerprint density at radius 3 is 2.61 bits per heavy atom. The van der Waals surface area contributed by atoms with E-state index in [4.69, 9.17) is 11.0 Å². The van der Waals surface area contributed by atoms with Gasteiger partial charge in [0.1, 0.15) is 0 Å². The van der Waals surface area contributed by atoms with Crippen molar-refractivity contribution in [3.05, 3.63) is 29.8 Å². The number of benzene rings is 1. The normalized spacial score (nSPS) is 22.7. The maximum absolute atomic E-state index is 8.84. The summed E-state index contributed by atoms with van der Waals surface area (Å²) in [6.07, 6.45) is 3.75. The fourth-order valence-electron chi connectivity index (χ4n) is 3.04. The zero-order chi connectivity index (χ0) is 13.0. The number of nitrogens with zero attached hydrogens (tertiary/aromatic N) is 2. The topological polar surface area (TPSA) is 53.0 Å². The summed E-state index contributed by atoms with van der Waals surface area (Å²) < 4.78 is 0. The molecule has 2 rings (SSSR count). The molecule has 1 saturated carbocycles. The van der Waals surface area contributed by atoms with Crippen molar-refractivity contribution < 1.29 is 0 Å². The molecule has 1 aromatic rings. The van der Waals surface area contributed by atoms with Gasteiger partial charge in [-0.15, -0.1) is 0 Å². The van der Waals surface area contributed by atoms with Crippen molar-refractivity contribution in [2.45, 2.75) is 32.2 Å². The fourth-order valence-corrected chi connectivity index (χ4v) is 3.04. The molecular formula is C15H21N3. The molecule has 0 heterocycles. The molecule has 0 spiro atoms. The first-order chi connectivity index (χ1) is 8.80. The molecule has 1 aromatic carbocycles. The van der Waals surface area contributed by atoms with Gasteiger partial charge in [0.15, 0.2) is 0 Å². The Hall–Kier alpha value is -1.53. The van der Waals surface area contributed by atoms with Crippen molar-refractivity contribution in [2.75, 3.05) is 18.0 Å². The molecule has 0 radical (unpaired) electrons. The van der Waals surface area contributed by atoms with E-state index in [1.165, 1.54) is 24.9 Å². The van der Waals surface area contributed by atoms with Gasteiger partial charge in [-0.3, -0.25) is 0 Å². The lowest BCUT2D eigenvalue weighted by Gasteiger charge is -2.34. The molecule has 0 aliphatic heterocycles. The van der Waals surface area contributed by atoms with Crippen molar-refractivity contribution in [2.24, 2.45) is 11.7 Å². The molecule has 96 valence electrons. The largest absolute Gasteiger partial charge is 0.368 e. The van der Waals surface area contributed by atoms with Crippen molar-refractivity contribution in [1.82, 2.24) is 0 Å². The first-order valence-electron chi connectivity index (χ1n) is 6.77. The molecule has 18 heavy (non-hydrogen) atoms. The van der Waals surface area contributed by atoms with Crippen LogP contribution in [0.15, 0.2) is 24.3 Å². The van der Waals surface area contributed by atoms with Gasteiger partial charge in [0.2, 0.25) is 0 Å². The number of rotatable bonds is 4. The lowest BCUT2D eigenvalue weighted by Crippen LogP contribution is -2.40. The second-order valence-corrected chi connectivity index (χ2v) is 4.94. The van der Waals surface area contributed by atoms with Gasteiger partial charge in [0.25, 0.3) is 0 Å². The first-order valence-corrected chi connectivity index (χ1v) is 6.77. The van der Waals surface area contributed by atoms with Crippen LogP contribution in [0.1, 0.15) is 31.7 Å². The highest BCUT2D eigenvalue weighted by Gasteiger charge is 2.30. The van der Waals surface area contributed by atoms with E-state index in [0.29, 0.717) is 12.0 Å². The molecular weight excluding hydrogens is 222 g/mol. The van der Waals surface area contributed by atoms with E-state index >= 15 is 0 Å². The van der Waals surface area contributed by atoms with Gasteiger partial charge >= 0.3 is 0 Å². The highest BCUT2D eigenvalue weighted by Crippen LogP contribution is 2.32. The lowest BCUT2D eigenvalue weighted by molar-refractivity contribution is 0.462. The SMILES string of the molecule is CCN(c1ccc(C#N)cc1)C1CCCC1CN. The number of nitriles is 1. The van der Waals surface area contributed by atoms with Crippen LogP contribution in [0.3, 0.4) is 0 Å². The van der Waals surface area contributed by atoms with E-state index in [2.05, 4.69) is 17.9 Å². The summed E-state index contributed by atoms with van der Waals surface area (Å²) >= 11 is 0. The number of hydrogen-bond donors (Lipinski definition) is 1. The minimum Gasteiger partial charge on any atom is -0.368 e. The summed E-state index contributed by atoms with van der Waals surface area (Å²) in [5.74, 6) is 0.612. The van der Waals surface area contributed by atoms with Gasteiger partial charge in [0, 0.05) is 18.3 Å². The monoisotopic (exact) mass is 243 g/mol. The quantitative estimate of drug-likeness (QED) is 0.884. The number of hydrogen-bond acceptors (Lipinski definition) is 3. The third-order valence-electron chi connectivity index (χ3n) is 3.99. The molecule has 0 saturated heterocycles. The molecule has 0 aromatic heterocycles. The van der Waals surface area contributed by atoms with E-state index < -0.39 is 0 Å². The minimum absolute atomic E-state index is 0.563. The molecule has 2 atom stereocenters. The maximum atomic E-state index is 8.84. The maximum Gasteiger partial charge on any atom is 0.0991 e. The molecule has 3 heteroatoms. The minimum atomic E-state index is 0.563. The zero-order valence-corrected chi connectivity index (χ0v) is 11.0. The van der Waals surface area contributed by atoms with Gasteiger partial charge in [-0.1, -0.05) is 6.42 Å². The summed E-state index contributed by atoms with van der Waals surface area (Å²) in [7, 11) is 0. The average molecular weight is 243 g/mol. The Balaban J connectivity index is 2.19. The molecule has 1 aliphatic carbocycles. The second kappa shape index (κ2) is 5.88. The Kier molecular flexibility index (Phi) is 4.22. The van der Waals surface area contributed by atoms with Crippen LogP contribution in [0.5, 0.6) is 0 Å². The Bertz CT molecular complexity index is 418. The molecule has 3 nitrogen and oxygen atoms in total. The van der Waals surface area contributed by atoms with Crippen molar-refractivity contribution in [3.8, 4) is 6.07 Å². The lowest BCUT2D eigenvalue weighted by atomic mass is 10.0. The van der Waals surface area contributed by atoms with Crippen LogP contribution in [0.2, 0.25) is 0 Å². The number of anilines is 1. The summed E-state index contributed by atoms with van der Waals surface area (Å²) in [4.78, 5) is 2.44. The summed E-state index contributed by atoms with van der Waals surface area (Å²) in [5, 5.41) is 8.84. The fraction of sp³-hybridized carbons (Fsp3) is 0.533. The molecule has 0 bridgehead atoms. The predicted molar refractivity (Wildman–Crippen MR) is 74.4 cm³/mol. The van der Waals surface area contributed by atoms with Crippen molar-refractivity contribution >= 4 is 5.69 Å². The summed E-state index contributed by atoms with van der Waals surface area (Å²) in [6.45, 7) is 3.95. The second-order valence-electron chi connectivity index (χ2n) is 4.94. The van der Waals surface area contributed by atoms with Crippen molar-refractivity contribution in [1.29, 1.82) is 5.26 Å². The highest BCUT2D eigenvalue weighted by atomic mass is 15.2. The van der Waals surface area contributed by atoms with Gasteiger partial charge in [-0.25, -0.2) is 0 Å². The van der Waals surface area contributed by atoms with Crippen LogP contribution in [0, 0.1) is 17.2 Å². The van der Waals surface area contributed by atoms with Crippen LogP contribution in [0.25, 0.3) is 0 Å². The Morgan fingerprint density at radius 2 is 2.06 bits per heavy atom. The average Bonchev–Trinajstić information content (AvgIpc) is 2.89. The van der Waals surface area contributed by atoms with Gasteiger partial charge in [0.05, 0.1) is 11.6 Å². The van der Waals surface area contributed by atoms with Crippen LogP contribution < -0.4 is 10.6 Å². The molecule has 2 unspecified atom stereocenters. The van der Waals surface area contributed by atoms with Gasteiger partial charge < -0.3 is 10.6 Å². The first kappa shape index (κ1) is 12.9. The zero-order valence-electron chi connectivity index (χ0n) is 11.0. The molecule has 2 N–H and O–H groups in total. The van der Waals surface area contributed by atoms with E-state index in [0.717, 1.165) is 18.7 Å². The van der Waals surface area contributed by atoms with Crippen LogP contribution in [0.4, 0.5) is 5.69 Å². The van der Waals surface area contributed by atoms with Gasteiger partial charge in [-0.05, 0) is 56.5 Å². The molecule has 1 fully saturated rings. The standard InChI is InChI=1S/C15H21N3/c1-2-18(15-5-3-4-13(15)11-17)14-8-6-12(10-16)7-9-14/h6-9,13,15H,2-5,11,17H2,1H3. The molecule has 0 amide bonds. The van der Waals surface area contributed by atoms with E-state index in [1.54, 1.807) is 0 Å². The van der Waals surface area contributed by atoms with Crippen molar-refractivity contribution in [3.63, 3.8) is 0 Å². The van der Waals surface area contributed by atoms with E-state index in [1.807, 2.05) is 24.3 Å². The van der Waals surface area contributed by atoms with E-state index in [9.17, 15) is 0 Å². The molecule has 1 aliphatic rings. The summed E-state index contributed by atoms with van der Waals surface area (Å²) in [6, 6.07) is 10.6. The smallest absolute Gasteiger partial charge is 0.0991 e. The van der Waals surface area contributed by atoms with Crippen LogP contribution in [-0.2, 0) is 0 Å².